The molecule has 0 aliphatic carbocycles. The van der Waals surface area contributed by atoms with Crippen LogP contribution in [0, 0.1) is 0 Å². The second kappa shape index (κ2) is 5.54. The van der Waals surface area contributed by atoms with Gasteiger partial charge in [0, 0.05) is 6.54 Å². The Hall–Kier alpha value is -2.03. The van der Waals surface area contributed by atoms with E-state index in [1.165, 1.54) is 0 Å². The average molecular weight is 242 g/mol. The molecular formula is C15H18N2O. The Balaban J connectivity index is 2.53. The van der Waals surface area contributed by atoms with Gasteiger partial charge in [0.2, 0.25) is 0 Å². The molecule has 3 heteroatoms. The molecule has 0 bridgehead atoms. The number of nitrogens with zero attached hydrogens (tertiary/aromatic N) is 1. The van der Waals surface area contributed by atoms with Gasteiger partial charge in [-0.15, -0.1) is 0 Å². The summed E-state index contributed by atoms with van der Waals surface area (Å²) in [6, 6.07) is 13.5. The van der Waals surface area contributed by atoms with Crippen LogP contribution < -0.4 is 11.3 Å². The van der Waals surface area contributed by atoms with Crippen LogP contribution >= 0.6 is 0 Å². The monoisotopic (exact) mass is 242 g/mol. The van der Waals surface area contributed by atoms with Crippen LogP contribution in [0.2, 0.25) is 0 Å². The maximum Gasteiger partial charge on any atom is 0.274 e. The minimum atomic E-state index is -0.0928. The lowest BCUT2D eigenvalue weighted by Crippen LogP contribution is -2.24. The lowest BCUT2D eigenvalue weighted by molar-refractivity contribution is 0.620. The second-order valence-corrected chi connectivity index (χ2v) is 4.35. The van der Waals surface area contributed by atoms with Crippen molar-refractivity contribution < 1.29 is 0 Å². The smallest absolute Gasteiger partial charge is 0.274 e. The zero-order valence-corrected chi connectivity index (χ0v) is 10.6. The third kappa shape index (κ3) is 2.45. The van der Waals surface area contributed by atoms with Crippen molar-refractivity contribution >= 4 is 5.69 Å². The van der Waals surface area contributed by atoms with Crippen LogP contribution in [0.5, 0.6) is 0 Å². The molecular weight excluding hydrogens is 224 g/mol. The van der Waals surface area contributed by atoms with Crippen LogP contribution in [-0.2, 0) is 6.54 Å². The average Bonchev–Trinajstić information content (AvgIpc) is 2.41. The molecule has 18 heavy (non-hydrogen) atoms. The van der Waals surface area contributed by atoms with E-state index in [2.05, 4.69) is 6.92 Å². The summed E-state index contributed by atoms with van der Waals surface area (Å²) in [4.78, 5) is 12.1. The maximum atomic E-state index is 12.1. The van der Waals surface area contributed by atoms with Crippen LogP contribution in [-0.4, -0.2) is 4.57 Å². The van der Waals surface area contributed by atoms with E-state index in [1.54, 1.807) is 10.6 Å². The van der Waals surface area contributed by atoms with Crippen molar-refractivity contribution in [1.82, 2.24) is 4.57 Å². The van der Waals surface area contributed by atoms with Crippen molar-refractivity contribution in [2.45, 2.75) is 26.3 Å². The number of unbranched alkanes of at least 4 members (excludes halogenated alkanes) is 1. The van der Waals surface area contributed by atoms with E-state index in [4.69, 9.17) is 5.73 Å². The highest BCUT2D eigenvalue weighted by atomic mass is 16.1. The van der Waals surface area contributed by atoms with E-state index >= 15 is 0 Å². The summed E-state index contributed by atoms with van der Waals surface area (Å²) in [5, 5.41) is 0. The SMILES string of the molecule is CCCCn1c(-c2ccccc2)ccc(N)c1=O. The highest BCUT2D eigenvalue weighted by Gasteiger charge is 2.07. The lowest BCUT2D eigenvalue weighted by atomic mass is 10.1. The predicted molar refractivity (Wildman–Crippen MR) is 75.5 cm³/mol. The molecule has 0 fully saturated rings. The van der Waals surface area contributed by atoms with Gasteiger partial charge in [0.1, 0.15) is 0 Å². The molecule has 0 aliphatic heterocycles. The molecule has 2 rings (SSSR count). The molecule has 0 saturated heterocycles. The van der Waals surface area contributed by atoms with Crippen molar-refractivity contribution in [3.63, 3.8) is 0 Å². The standard InChI is InChI=1S/C15H18N2O/c1-2-3-11-17-14(10-9-13(16)15(17)18)12-7-5-4-6-8-12/h4-10H,2-3,11,16H2,1H3. The van der Waals surface area contributed by atoms with Crippen LogP contribution in [0.4, 0.5) is 5.69 Å². The first-order valence-corrected chi connectivity index (χ1v) is 6.28. The van der Waals surface area contributed by atoms with E-state index in [9.17, 15) is 4.79 Å². The van der Waals surface area contributed by atoms with E-state index in [-0.39, 0.29) is 5.56 Å². The van der Waals surface area contributed by atoms with Gasteiger partial charge < -0.3 is 10.3 Å². The zero-order chi connectivity index (χ0) is 13.0. The van der Waals surface area contributed by atoms with Gasteiger partial charge in [0.15, 0.2) is 0 Å². The van der Waals surface area contributed by atoms with E-state index in [1.807, 2.05) is 36.4 Å². The minimum Gasteiger partial charge on any atom is -0.394 e. The Labute approximate surface area is 107 Å². The second-order valence-electron chi connectivity index (χ2n) is 4.35. The topological polar surface area (TPSA) is 48.0 Å². The first-order chi connectivity index (χ1) is 8.74. The molecule has 3 nitrogen and oxygen atoms in total. The van der Waals surface area contributed by atoms with Gasteiger partial charge >= 0.3 is 0 Å². The molecule has 2 aromatic rings. The fourth-order valence-corrected chi connectivity index (χ4v) is 1.99. The van der Waals surface area contributed by atoms with Gasteiger partial charge in [-0.3, -0.25) is 4.79 Å². The molecule has 0 saturated carbocycles. The summed E-state index contributed by atoms with van der Waals surface area (Å²) < 4.78 is 1.77. The number of anilines is 1. The van der Waals surface area contributed by atoms with E-state index in [0.29, 0.717) is 12.2 Å². The van der Waals surface area contributed by atoms with Gasteiger partial charge in [-0.05, 0) is 24.1 Å². The maximum absolute atomic E-state index is 12.1. The molecule has 0 amide bonds. The van der Waals surface area contributed by atoms with Crippen LogP contribution in [0.1, 0.15) is 19.8 Å². The molecule has 1 aromatic carbocycles. The van der Waals surface area contributed by atoms with E-state index in [0.717, 1.165) is 24.1 Å². The molecule has 0 spiro atoms. The van der Waals surface area contributed by atoms with Crippen molar-refractivity contribution in [1.29, 1.82) is 0 Å². The molecule has 94 valence electrons. The number of benzene rings is 1. The Bertz CT molecular complexity index is 573. The molecule has 0 atom stereocenters. The van der Waals surface area contributed by atoms with Gasteiger partial charge in [0.05, 0.1) is 11.4 Å². The first kappa shape index (κ1) is 12.4. The van der Waals surface area contributed by atoms with Crippen molar-refractivity contribution in [3.8, 4) is 11.3 Å². The van der Waals surface area contributed by atoms with Gasteiger partial charge in [-0.25, -0.2) is 0 Å². The van der Waals surface area contributed by atoms with Gasteiger partial charge in [-0.1, -0.05) is 43.7 Å². The summed E-state index contributed by atoms with van der Waals surface area (Å²) in [7, 11) is 0. The van der Waals surface area contributed by atoms with E-state index < -0.39 is 0 Å². The van der Waals surface area contributed by atoms with Gasteiger partial charge in [-0.2, -0.15) is 0 Å². The minimum absolute atomic E-state index is 0.0928. The summed E-state index contributed by atoms with van der Waals surface area (Å²) in [6.45, 7) is 2.82. The number of nitrogens with two attached hydrogens (primary N) is 1. The number of hydrogen-bond donors (Lipinski definition) is 1. The molecule has 0 radical (unpaired) electrons. The number of pyridine rings is 1. The first-order valence-electron chi connectivity index (χ1n) is 6.28. The Morgan fingerprint density at radius 2 is 1.83 bits per heavy atom. The normalized spacial score (nSPS) is 10.5. The fourth-order valence-electron chi connectivity index (χ4n) is 1.99. The molecule has 1 aromatic heterocycles. The predicted octanol–water partition coefficient (Wildman–Crippen LogP) is 2.90. The zero-order valence-electron chi connectivity index (χ0n) is 10.6. The summed E-state index contributed by atoms with van der Waals surface area (Å²) in [5.74, 6) is 0. The largest absolute Gasteiger partial charge is 0.394 e. The molecule has 1 heterocycles. The van der Waals surface area contributed by atoms with Crippen LogP contribution in [0.3, 0.4) is 0 Å². The van der Waals surface area contributed by atoms with Crippen molar-refractivity contribution in [2.75, 3.05) is 5.73 Å². The Morgan fingerprint density at radius 3 is 2.50 bits per heavy atom. The third-order valence-corrected chi connectivity index (χ3v) is 3.01. The van der Waals surface area contributed by atoms with Crippen LogP contribution in [0.25, 0.3) is 11.3 Å². The Morgan fingerprint density at radius 1 is 1.11 bits per heavy atom. The number of rotatable bonds is 4. The summed E-state index contributed by atoms with van der Waals surface area (Å²) in [5.41, 5.74) is 7.90. The molecule has 2 N–H and O–H groups in total. The van der Waals surface area contributed by atoms with Crippen LogP contribution in [0.15, 0.2) is 47.3 Å². The Kier molecular flexibility index (Phi) is 3.82. The molecule has 0 unspecified atom stereocenters. The summed E-state index contributed by atoms with van der Waals surface area (Å²) >= 11 is 0. The number of hydrogen-bond acceptors (Lipinski definition) is 2. The molecule has 0 aliphatic rings. The van der Waals surface area contributed by atoms with Crippen molar-refractivity contribution in [3.05, 3.63) is 52.8 Å². The highest BCUT2D eigenvalue weighted by Crippen LogP contribution is 2.18. The third-order valence-electron chi connectivity index (χ3n) is 3.01. The van der Waals surface area contributed by atoms with Crippen molar-refractivity contribution in [2.24, 2.45) is 0 Å². The van der Waals surface area contributed by atoms with Gasteiger partial charge in [0.25, 0.3) is 5.56 Å². The number of nitrogen functional groups attached to an aromatic ring is 1. The fraction of sp³-hybridized carbons (Fsp3) is 0.267. The summed E-state index contributed by atoms with van der Waals surface area (Å²) in [6.07, 6.45) is 2.03. The quantitative estimate of drug-likeness (QED) is 0.896. The number of aromatic nitrogens is 1. The highest BCUT2D eigenvalue weighted by molar-refractivity contribution is 5.61. The lowest BCUT2D eigenvalue weighted by Gasteiger charge is -2.13.